The molecular weight excluding hydrogens is 482 g/mol. The maximum Gasteiger partial charge on any atom is 0.262 e. The number of nitrogens with one attached hydrogen (secondary N) is 1. The van der Waals surface area contributed by atoms with Crippen LogP contribution in [0.4, 0.5) is 5.69 Å². The van der Waals surface area contributed by atoms with E-state index in [1.54, 1.807) is 55.2 Å². The minimum Gasteiger partial charge on any atom is -0.497 e. The molecule has 4 aromatic rings. The third-order valence-electron chi connectivity index (χ3n) is 5.62. The van der Waals surface area contributed by atoms with Crippen molar-refractivity contribution in [3.05, 3.63) is 76.6 Å². The Labute approximate surface area is 211 Å². The van der Waals surface area contributed by atoms with Gasteiger partial charge in [0.15, 0.2) is 16.7 Å². The Bertz CT molecular complexity index is 1470. The summed E-state index contributed by atoms with van der Waals surface area (Å²) >= 11 is 1.19. The average molecular weight is 506 g/mol. The van der Waals surface area contributed by atoms with Crippen molar-refractivity contribution in [1.82, 2.24) is 9.55 Å². The van der Waals surface area contributed by atoms with Crippen LogP contribution in [0.3, 0.4) is 0 Å². The first-order valence-corrected chi connectivity index (χ1v) is 12.1. The lowest BCUT2D eigenvalue weighted by atomic mass is 10.2. The molecule has 10 heteroatoms. The largest absolute Gasteiger partial charge is 0.497 e. The van der Waals surface area contributed by atoms with E-state index in [9.17, 15) is 9.59 Å². The normalized spacial score (nSPS) is 11.9. The first kappa shape index (κ1) is 23.6. The third-order valence-corrected chi connectivity index (χ3v) is 6.60. The summed E-state index contributed by atoms with van der Waals surface area (Å²) in [5, 5.41) is 3.69. The maximum atomic E-state index is 13.5. The molecule has 5 rings (SSSR count). The van der Waals surface area contributed by atoms with Crippen LogP contribution in [0.1, 0.15) is 5.56 Å². The van der Waals surface area contributed by atoms with Gasteiger partial charge in [-0.15, -0.1) is 0 Å². The van der Waals surface area contributed by atoms with Gasteiger partial charge >= 0.3 is 0 Å². The molecule has 0 unspecified atom stereocenters. The molecule has 0 saturated carbocycles. The fourth-order valence-electron chi connectivity index (χ4n) is 3.76. The molecule has 0 aliphatic carbocycles. The number of amides is 1. The molecule has 3 aromatic carbocycles. The highest BCUT2D eigenvalue weighted by Gasteiger charge is 2.20. The number of carbonyl (C=O) groups is 1. The van der Waals surface area contributed by atoms with Crippen LogP contribution in [-0.4, -0.2) is 42.2 Å². The van der Waals surface area contributed by atoms with Gasteiger partial charge in [-0.1, -0.05) is 23.9 Å². The van der Waals surface area contributed by atoms with Gasteiger partial charge < -0.3 is 24.3 Å². The number of hydrogen-bond donors (Lipinski definition) is 1. The molecule has 0 fully saturated rings. The number of hydrogen-bond acceptors (Lipinski definition) is 8. The predicted octanol–water partition coefficient (Wildman–Crippen LogP) is 3.92. The summed E-state index contributed by atoms with van der Waals surface area (Å²) in [4.78, 5) is 30.9. The summed E-state index contributed by atoms with van der Waals surface area (Å²) < 4.78 is 22.8. The van der Waals surface area contributed by atoms with E-state index < -0.39 is 0 Å². The van der Waals surface area contributed by atoms with Gasteiger partial charge in [0.25, 0.3) is 5.56 Å². The highest BCUT2D eigenvalue weighted by Crippen LogP contribution is 2.35. The van der Waals surface area contributed by atoms with Crippen LogP contribution in [0.5, 0.6) is 23.0 Å². The molecule has 0 atom stereocenters. The smallest absolute Gasteiger partial charge is 0.262 e. The maximum absolute atomic E-state index is 13.5. The van der Waals surface area contributed by atoms with E-state index in [2.05, 4.69) is 5.32 Å². The number of ether oxygens (including phenoxy) is 4. The summed E-state index contributed by atoms with van der Waals surface area (Å²) in [5.41, 5.74) is 1.79. The monoisotopic (exact) mass is 505 g/mol. The lowest BCUT2D eigenvalue weighted by Gasteiger charge is -2.14. The zero-order chi connectivity index (χ0) is 25.1. The molecule has 2 heterocycles. The van der Waals surface area contributed by atoms with Crippen molar-refractivity contribution in [2.24, 2.45) is 0 Å². The van der Waals surface area contributed by atoms with Gasteiger partial charge in [0.2, 0.25) is 12.7 Å². The molecule has 1 N–H and O–H groups in total. The molecule has 1 amide bonds. The number of aromatic nitrogens is 2. The number of rotatable bonds is 8. The molecule has 36 heavy (non-hydrogen) atoms. The van der Waals surface area contributed by atoms with E-state index in [4.69, 9.17) is 23.9 Å². The van der Waals surface area contributed by atoms with Crippen LogP contribution < -0.4 is 29.8 Å². The van der Waals surface area contributed by atoms with Crippen molar-refractivity contribution in [3.8, 4) is 23.0 Å². The Morgan fingerprint density at radius 1 is 1.00 bits per heavy atom. The minimum absolute atomic E-state index is 0.0666. The number of nitrogens with zero attached hydrogens (tertiary/aromatic N) is 2. The summed E-state index contributed by atoms with van der Waals surface area (Å²) in [6.45, 7) is 0.376. The first-order valence-electron chi connectivity index (χ1n) is 11.1. The Morgan fingerprint density at radius 2 is 1.64 bits per heavy atom. The number of thioether (sulfide) groups is 1. The molecule has 184 valence electrons. The lowest BCUT2D eigenvalue weighted by Crippen LogP contribution is -2.25. The quantitative estimate of drug-likeness (QED) is 0.284. The van der Waals surface area contributed by atoms with Gasteiger partial charge in [0, 0.05) is 11.8 Å². The van der Waals surface area contributed by atoms with Crippen LogP contribution in [0.2, 0.25) is 0 Å². The van der Waals surface area contributed by atoms with E-state index in [0.717, 1.165) is 11.3 Å². The van der Waals surface area contributed by atoms with E-state index in [0.29, 0.717) is 39.0 Å². The lowest BCUT2D eigenvalue weighted by molar-refractivity contribution is -0.113. The summed E-state index contributed by atoms with van der Waals surface area (Å²) in [5.74, 6) is 2.32. The average Bonchev–Trinajstić information content (AvgIpc) is 3.36. The molecule has 1 aliphatic rings. The van der Waals surface area contributed by atoms with Gasteiger partial charge in [0.1, 0.15) is 11.5 Å². The van der Waals surface area contributed by atoms with Gasteiger partial charge in [-0.05, 0) is 48.0 Å². The van der Waals surface area contributed by atoms with Gasteiger partial charge in [-0.3, -0.25) is 14.2 Å². The number of carbonyl (C=O) groups excluding carboxylic acids is 1. The Balaban J connectivity index is 1.44. The molecular formula is C26H23N3O6S. The van der Waals surface area contributed by atoms with Crippen LogP contribution in [-0.2, 0) is 11.3 Å². The molecule has 0 bridgehead atoms. The fraction of sp³-hybridized carbons (Fsp3) is 0.192. The van der Waals surface area contributed by atoms with Crippen molar-refractivity contribution >= 4 is 34.3 Å². The minimum atomic E-state index is -0.229. The van der Waals surface area contributed by atoms with Crippen molar-refractivity contribution in [2.45, 2.75) is 11.7 Å². The molecule has 0 spiro atoms. The summed E-state index contributed by atoms with van der Waals surface area (Å²) in [6, 6.07) is 17.9. The van der Waals surface area contributed by atoms with Crippen molar-refractivity contribution in [1.29, 1.82) is 0 Å². The van der Waals surface area contributed by atoms with Gasteiger partial charge in [-0.25, -0.2) is 4.98 Å². The first-order chi connectivity index (χ1) is 17.5. The van der Waals surface area contributed by atoms with Crippen LogP contribution in [0.25, 0.3) is 10.9 Å². The summed E-state index contributed by atoms with van der Waals surface area (Å²) in [7, 11) is 3.18. The second-order valence-electron chi connectivity index (χ2n) is 7.92. The van der Waals surface area contributed by atoms with Crippen molar-refractivity contribution in [3.63, 3.8) is 0 Å². The number of methoxy groups -OCH3 is 2. The molecule has 0 radical (unpaired) electrons. The van der Waals surface area contributed by atoms with E-state index in [-0.39, 0.29) is 30.6 Å². The Kier molecular flexibility index (Phi) is 6.68. The van der Waals surface area contributed by atoms with Crippen LogP contribution in [0, 0.1) is 0 Å². The molecule has 1 aliphatic heterocycles. The fourth-order valence-corrected chi connectivity index (χ4v) is 4.55. The Hall–Kier alpha value is -4.18. The molecule has 9 nitrogen and oxygen atoms in total. The van der Waals surface area contributed by atoms with Gasteiger partial charge in [0.05, 0.1) is 37.4 Å². The number of fused-ring (bicyclic) bond motifs is 2. The Morgan fingerprint density at radius 3 is 2.31 bits per heavy atom. The predicted molar refractivity (Wildman–Crippen MR) is 137 cm³/mol. The second-order valence-corrected chi connectivity index (χ2v) is 8.86. The summed E-state index contributed by atoms with van der Waals surface area (Å²) in [6.07, 6.45) is 0. The topological polar surface area (TPSA) is 101 Å². The van der Waals surface area contributed by atoms with E-state index in [1.165, 1.54) is 11.8 Å². The number of benzene rings is 3. The highest BCUT2D eigenvalue weighted by atomic mass is 32.2. The highest BCUT2D eigenvalue weighted by molar-refractivity contribution is 7.99. The van der Waals surface area contributed by atoms with Crippen LogP contribution in [0.15, 0.2) is 70.6 Å². The third kappa shape index (κ3) is 4.94. The zero-order valence-corrected chi connectivity index (χ0v) is 20.5. The van der Waals surface area contributed by atoms with E-state index >= 15 is 0 Å². The zero-order valence-electron chi connectivity index (χ0n) is 19.6. The molecule has 0 saturated heterocycles. The number of anilines is 1. The second kappa shape index (κ2) is 10.2. The SMILES string of the molecule is COc1ccc(Cn2c(SCC(=O)Nc3ccc(OC)cc3)nc3cc4c(cc3c2=O)OCO4)cc1. The standard InChI is InChI=1S/C26H23N3O6S/c1-32-18-7-3-16(4-8-18)13-29-25(31)20-11-22-23(35-15-34-22)12-21(20)28-26(29)36-14-24(30)27-17-5-9-19(33-2)10-6-17/h3-12H,13-15H2,1-2H3,(H,27,30). The van der Waals surface area contributed by atoms with E-state index in [1.807, 2.05) is 24.3 Å². The van der Waals surface area contributed by atoms with Crippen LogP contribution >= 0.6 is 11.8 Å². The van der Waals surface area contributed by atoms with Gasteiger partial charge in [-0.2, -0.15) is 0 Å². The molecule has 1 aromatic heterocycles. The van der Waals surface area contributed by atoms with Crippen molar-refractivity contribution < 1.29 is 23.7 Å². The van der Waals surface area contributed by atoms with Crippen molar-refractivity contribution in [2.75, 3.05) is 32.1 Å².